The van der Waals surface area contributed by atoms with Gasteiger partial charge in [-0.15, -0.1) is 0 Å². The van der Waals surface area contributed by atoms with Gasteiger partial charge >= 0.3 is 0 Å². The van der Waals surface area contributed by atoms with E-state index in [1.54, 1.807) is 11.6 Å². The molecule has 1 aromatic rings. The molecule has 0 aliphatic heterocycles. The van der Waals surface area contributed by atoms with Gasteiger partial charge in [-0.3, -0.25) is 0 Å². The molecule has 1 aromatic carbocycles. The van der Waals surface area contributed by atoms with E-state index in [-0.39, 0.29) is 0 Å². The minimum Gasteiger partial charge on any atom is -0.195 e. The summed E-state index contributed by atoms with van der Waals surface area (Å²) in [5.41, 5.74) is 3.08. The van der Waals surface area contributed by atoms with Gasteiger partial charge in [0, 0.05) is 0 Å². The lowest BCUT2D eigenvalue weighted by Crippen LogP contribution is -2.14. The van der Waals surface area contributed by atoms with Crippen LogP contribution in [0, 0.1) is 29.1 Å². The molecular weight excluding hydrogens is 441 g/mol. The maximum Gasteiger partial charge on any atom is 0.199 e. The van der Waals surface area contributed by atoms with E-state index < -0.39 is 5.83 Å². The third-order valence-electron chi connectivity index (χ3n) is 8.57. The summed E-state index contributed by atoms with van der Waals surface area (Å²) in [6.45, 7) is 2.28. The molecule has 196 valence electrons. The highest BCUT2D eigenvalue weighted by atomic mass is 19.1. The number of unbranched alkanes of at least 4 members (excludes halogenated alkanes) is 4. The Hall–Kier alpha value is -2.14. The second-order valence-electron chi connectivity index (χ2n) is 11.3. The molecule has 2 saturated carbocycles. The highest BCUT2D eigenvalue weighted by Gasteiger charge is 2.22. The zero-order chi connectivity index (χ0) is 25.4. The van der Waals surface area contributed by atoms with Gasteiger partial charge in [0.25, 0.3) is 0 Å². The van der Waals surface area contributed by atoms with Crippen molar-refractivity contribution in [1.29, 1.82) is 5.26 Å². The first-order chi connectivity index (χ1) is 17.7. The number of hydrogen-bond acceptors (Lipinski definition) is 1. The van der Waals surface area contributed by atoms with Crippen LogP contribution >= 0.6 is 0 Å². The fraction of sp³-hybridized carbons (Fsp3) is 0.618. The number of nitrogens with zero attached hydrogens (tertiary/aromatic N) is 1. The average molecular weight is 490 g/mol. The van der Waals surface area contributed by atoms with E-state index in [0.717, 1.165) is 30.1 Å². The monoisotopic (exact) mass is 489 g/mol. The normalized spacial score (nSPS) is 25.4. The molecule has 0 aromatic heterocycles. The largest absolute Gasteiger partial charge is 0.199 e. The minimum absolute atomic E-state index is 0.718. The zero-order valence-electron chi connectivity index (χ0n) is 22.6. The Balaban J connectivity index is 1.30. The average Bonchev–Trinajstić information content (AvgIpc) is 2.93. The third kappa shape index (κ3) is 10.5. The molecule has 0 radical (unpaired) electrons. The van der Waals surface area contributed by atoms with Gasteiger partial charge in [0.2, 0.25) is 0 Å². The van der Waals surface area contributed by atoms with Crippen LogP contribution in [0.4, 0.5) is 4.39 Å². The number of halogens is 1. The van der Waals surface area contributed by atoms with Crippen molar-refractivity contribution in [3.63, 3.8) is 0 Å². The molecule has 2 aliphatic rings. The van der Waals surface area contributed by atoms with Crippen molar-refractivity contribution in [3.05, 3.63) is 71.6 Å². The Kier molecular flexibility index (Phi) is 13.1. The lowest BCUT2D eigenvalue weighted by atomic mass is 9.76. The SMILES string of the molecule is CCCCCCCc1ccc([C@H]2CC[C@H](/C=C/[C@H]3CC[C@H](CCC=CC=C(F)C#N)CC3)CC2)cc1. The van der Waals surface area contributed by atoms with Crippen molar-refractivity contribution in [1.82, 2.24) is 0 Å². The van der Waals surface area contributed by atoms with Crippen LogP contribution in [0.1, 0.15) is 120 Å². The van der Waals surface area contributed by atoms with Crippen molar-refractivity contribution < 1.29 is 4.39 Å². The molecule has 0 atom stereocenters. The molecule has 0 N–H and O–H groups in total. The van der Waals surface area contributed by atoms with Gasteiger partial charge in [-0.2, -0.15) is 9.65 Å². The van der Waals surface area contributed by atoms with E-state index in [4.69, 9.17) is 5.26 Å². The second kappa shape index (κ2) is 16.6. The molecule has 2 fully saturated rings. The number of nitriles is 1. The minimum atomic E-state index is -0.718. The molecule has 0 amide bonds. The lowest BCUT2D eigenvalue weighted by Gasteiger charge is -2.29. The Labute approximate surface area is 220 Å². The van der Waals surface area contributed by atoms with Crippen LogP contribution in [0.25, 0.3) is 0 Å². The molecule has 0 bridgehead atoms. The molecule has 1 nitrogen and oxygen atoms in total. The first kappa shape index (κ1) is 28.4. The topological polar surface area (TPSA) is 23.8 Å². The van der Waals surface area contributed by atoms with E-state index in [0.29, 0.717) is 0 Å². The quantitative estimate of drug-likeness (QED) is 0.117. The van der Waals surface area contributed by atoms with Crippen LogP contribution in [0.2, 0.25) is 0 Å². The molecule has 2 heteroatoms. The summed E-state index contributed by atoms with van der Waals surface area (Å²) in [7, 11) is 0. The predicted molar refractivity (Wildman–Crippen MR) is 151 cm³/mol. The first-order valence-electron chi connectivity index (χ1n) is 14.9. The summed E-state index contributed by atoms with van der Waals surface area (Å²) in [6.07, 6.45) is 30.8. The molecule has 0 heterocycles. The third-order valence-corrected chi connectivity index (χ3v) is 8.57. The number of allylic oxidation sites excluding steroid dienone is 6. The summed E-state index contributed by atoms with van der Waals surface area (Å²) in [6, 6.07) is 11.1. The summed E-state index contributed by atoms with van der Waals surface area (Å²) in [4.78, 5) is 0. The van der Waals surface area contributed by atoms with Gasteiger partial charge < -0.3 is 0 Å². The van der Waals surface area contributed by atoms with E-state index in [1.165, 1.54) is 114 Å². The Morgan fingerprint density at radius 1 is 0.889 bits per heavy atom. The summed E-state index contributed by atoms with van der Waals surface area (Å²) in [5.74, 6) is 2.37. The molecule has 0 unspecified atom stereocenters. The lowest BCUT2D eigenvalue weighted by molar-refractivity contribution is 0.295. The van der Waals surface area contributed by atoms with Crippen LogP contribution in [0.3, 0.4) is 0 Å². The van der Waals surface area contributed by atoms with Crippen molar-refractivity contribution in [2.75, 3.05) is 0 Å². The van der Waals surface area contributed by atoms with Crippen molar-refractivity contribution in [2.45, 2.75) is 116 Å². The van der Waals surface area contributed by atoms with Crippen LogP contribution in [0.5, 0.6) is 0 Å². The summed E-state index contributed by atoms with van der Waals surface area (Å²) < 4.78 is 12.8. The highest BCUT2D eigenvalue weighted by molar-refractivity contribution is 5.26. The van der Waals surface area contributed by atoms with Crippen LogP contribution in [-0.4, -0.2) is 0 Å². The van der Waals surface area contributed by atoms with Gasteiger partial charge in [-0.05, 0) is 118 Å². The fourth-order valence-corrected chi connectivity index (χ4v) is 6.14. The number of aryl methyl sites for hydroxylation is 1. The van der Waals surface area contributed by atoms with Gasteiger partial charge in [-0.1, -0.05) is 81.2 Å². The van der Waals surface area contributed by atoms with Crippen molar-refractivity contribution in [3.8, 4) is 6.07 Å². The molecule has 0 saturated heterocycles. The molecular formula is C34H48FN. The predicted octanol–water partition coefficient (Wildman–Crippen LogP) is 10.5. The number of hydrogen-bond donors (Lipinski definition) is 0. The Morgan fingerprint density at radius 2 is 1.53 bits per heavy atom. The summed E-state index contributed by atoms with van der Waals surface area (Å²) >= 11 is 0. The molecule has 3 rings (SSSR count). The van der Waals surface area contributed by atoms with Crippen LogP contribution < -0.4 is 0 Å². The molecule has 2 aliphatic carbocycles. The van der Waals surface area contributed by atoms with Gasteiger partial charge in [0.1, 0.15) is 6.07 Å². The maximum atomic E-state index is 12.8. The van der Waals surface area contributed by atoms with Gasteiger partial charge in [0.05, 0.1) is 0 Å². The maximum absolute atomic E-state index is 12.8. The molecule has 0 spiro atoms. The fourth-order valence-electron chi connectivity index (χ4n) is 6.14. The van der Waals surface area contributed by atoms with E-state index in [2.05, 4.69) is 43.3 Å². The van der Waals surface area contributed by atoms with Crippen LogP contribution in [0.15, 0.2) is 60.5 Å². The van der Waals surface area contributed by atoms with Crippen molar-refractivity contribution in [2.24, 2.45) is 17.8 Å². The number of rotatable bonds is 13. The molecule has 36 heavy (non-hydrogen) atoms. The van der Waals surface area contributed by atoms with Crippen molar-refractivity contribution >= 4 is 0 Å². The van der Waals surface area contributed by atoms with E-state index in [1.807, 2.05) is 6.08 Å². The Morgan fingerprint density at radius 3 is 2.17 bits per heavy atom. The highest BCUT2D eigenvalue weighted by Crippen LogP contribution is 2.38. The van der Waals surface area contributed by atoms with Gasteiger partial charge in [0.15, 0.2) is 5.83 Å². The Bertz CT molecular complexity index is 855. The van der Waals surface area contributed by atoms with E-state index in [9.17, 15) is 4.39 Å². The van der Waals surface area contributed by atoms with E-state index >= 15 is 0 Å². The second-order valence-corrected chi connectivity index (χ2v) is 11.3. The standard InChI is InChI=1S/C34H48FN/c1-2-3-4-5-7-10-29-19-23-32(24-20-29)33-25-21-31(22-26-33)18-17-30-15-13-28(14-16-30)11-8-6-9-12-34(35)27-36/h6,9,12,17-20,23-24,28,30-31,33H,2-5,7-8,10-11,13-16,21-22,25-26H2,1H3/b9-6?,18-17+,34-12?/t28-,30-,31-,33-. The zero-order valence-corrected chi connectivity index (χ0v) is 22.6. The van der Waals surface area contributed by atoms with Gasteiger partial charge in [-0.25, -0.2) is 0 Å². The smallest absolute Gasteiger partial charge is 0.195 e. The van der Waals surface area contributed by atoms with Crippen LogP contribution in [-0.2, 0) is 6.42 Å². The summed E-state index contributed by atoms with van der Waals surface area (Å²) in [5, 5.41) is 8.42. The number of benzene rings is 1. The first-order valence-corrected chi connectivity index (χ1v) is 14.9.